The summed E-state index contributed by atoms with van der Waals surface area (Å²) in [6.07, 6.45) is 5.68. The number of ether oxygens (including phenoxy) is 1. The molecule has 2 aromatic rings. The summed E-state index contributed by atoms with van der Waals surface area (Å²) in [5.41, 5.74) is 2.68. The molecule has 0 saturated heterocycles. The minimum absolute atomic E-state index is 0.0158. The summed E-state index contributed by atoms with van der Waals surface area (Å²) >= 11 is 6.20. The van der Waals surface area contributed by atoms with E-state index in [0.29, 0.717) is 23.5 Å². The predicted octanol–water partition coefficient (Wildman–Crippen LogP) is 4.77. The number of phenolic OH excluding ortho intramolecular Hbond substituents is 1. The number of carbonyl (C=O) groups excluding carboxylic acids is 1. The first-order chi connectivity index (χ1) is 15.6. The van der Waals surface area contributed by atoms with Crippen molar-refractivity contribution in [3.8, 4) is 5.75 Å². The molecule has 3 aliphatic rings. The van der Waals surface area contributed by atoms with Crippen molar-refractivity contribution >= 4 is 27.6 Å². The van der Waals surface area contributed by atoms with Gasteiger partial charge in [-0.15, -0.1) is 0 Å². The van der Waals surface area contributed by atoms with E-state index in [1.807, 2.05) is 6.07 Å². The van der Waals surface area contributed by atoms with Crippen LogP contribution in [0.1, 0.15) is 66.4 Å². The van der Waals surface area contributed by atoms with E-state index in [2.05, 4.69) is 13.0 Å². The van der Waals surface area contributed by atoms with E-state index in [1.165, 1.54) is 29.3 Å². The monoisotopic (exact) mass is 489 g/mol. The highest BCUT2D eigenvalue weighted by molar-refractivity contribution is 7.89. The van der Waals surface area contributed by atoms with Crippen molar-refractivity contribution in [2.45, 2.75) is 62.4 Å². The molecule has 33 heavy (non-hydrogen) atoms. The Kier molecular flexibility index (Phi) is 5.50. The van der Waals surface area contributed by atoms with Crippen molar-refractivity contribution in [1.29, 1.82) is 0 Å². The van der Waals surface area contributed by atoms with Crippen LogP contribution in [0.2, 0.25) is 5.02 Å². The van der Waals surface area contributed by atoms with Gasteiger partial charge in [0.05, 0.1) is 15.5 Å². The lowest BCUT2D eigenvalue weighted by Gasteiger charge is -2.50. The Morgan fingerprint density at radius 2 is 1.94 bits per heavy atom. The fraction of sp³-hybridized carbons (Fsp3) is 0.480. The topological polar surface area (TPSA) is 107 Å². The number of hydrogen-bond acceptors (Lipinski definition) is 5. The number of halogens is 1. The van der Waals surface area contributed by atoms with Crippen molar-refractivity contribution in [3.63, 3.8) is 0 Å². The molecule has 2 saturated carbocycles. The van der Waals surface area contributed by atoms with E-state index >= 15 is 0 Å². The van der Waals surface area contributed by atoms with Crippen LogP contribution < -0.4 is 5.14 Å². The zero-order valence-electron chi connectivity index (χ0n) is 18.5. The quantitative estimate of drug-likeness (QED) is 0.603. The molecule has 0 aliphatic heterocycles. The van der Waals surface area contributed by atoms with Crippen molar-refractivity contribution < 1.29 is 23.1 Å². The highest BCUT2D eigenvalue weighted by atomic mass is 35.5. The maximum absolute atomic E-state index is 13.0. The normalized spacial score (nSPS) is 30.8. The Morgan fingerprint density at radius 1 is 1.15 bits per heavy atom. The molecule has 0 bridgehead atoms. The van der Waals surface area contributed by atoms with Gasteiger partial charge in [0.15, 0.2) is 0 Å². The Labute approximate surface area is 199 Å². The number of rotatable bonds is 3. The van der Waals surface area contributed by atoms with Crippen LogP contribution in [0.15, 0.2) is 41.3 Å². The standard InChI is InChI=1S/C25H28ClNO5S/c1-25-11-10-18-17-6-3-15(28)12-14(17)2-5-19(18)21(25)8-9-23(25)32-24(29)20-7-4-16(13-22(20)26)33(27,30)31/h3-4,6-7,12-13,18-19,21,23,28H,2,5,8-11H2,1H3,(H2,27,30,31)/t18-,19-,21+,23+,25+/m1/s1. The average Bonchev–Trinajstić information content (AvgIpc) is 3.08. The molecule has 0 unspecified atom stereocenters. The van der Waals surface area contributed by atoms with E-state index in [1.54, 1.807) is 6.07 Å². The summed E-state index contributed by atoms with van der Waals surface area (Å²) < 4.78 is 29.1. The Hall–Kier alpha value is -2.09. The zero-order chi connectivity index (χ0) is 23.5. The zero-order valence-corrected chi connectivity index (χ0v) is 20.0. The summed E-state index contributed by atoms with van der Waals surface area (Å²) in [7, 11) is -3.90. The van der Waals surface area contributed by atoms with E-state index < -0.39 is 16.0 Å². The van der Waals surface area contributed by atoms with Crippen LogP contribution in [0.5, 0.6) is 5.75 Å². The van der Waals surface area contributed by atoms with Crippen LogP contribution in [0.25, 0.3) is 0 Å². The lowest BCUT2D eigenvalue weighted by atomic mass is 9.55. The molecule has 176 valence electrons. The fourth-order valence-electron chi connectivity index (χ4n) is 6.75. The summed E-state index contributed by atoms with van der Waals surface area (Å²) in [6.45, 7) is 2.25. The minimum Gasteiger partial charge on any atom is -0.508 e. The van der Waals surface area contributed by atoms with Gasteiger partial charge in [-0.3, -0.25) is 0 Å². The number of benzene rings is 2. The van der Waals surface area contributed by atoms with Crippen LogP contribution in [-0.4, -0.2) is 25.6 Å². The summed E-state index contributed by atoms with van der Waals surface area (Å²) in [5.74, 6) is 1.30. The number of aromatic hydroxyl groups is 1. The number of fused-ring (bicyclic) bond motifs is 5. The third-order valence-electron chi connectivity index (χ3n) is 8.36. The molecular formula is C25H28ClNO5S. The fourth-order valence-corrected chi connectivity index (χ4v) is 7.61. The molecule has 0 amide bonds. The molecule has 0 radical (unpaired) electrons. The van der Waals surface area contributed by atoms with E-state index in [9.17, 15) is 18.3 Å². The van der Waals surface area contributed by atoms with Gasteiger partial charge in [0.25, 0.3) is 0 Å². The molecule has 0 aromatic heterocycles. The number of sulfonamides is 1. The minimum atomic E-state index is -3.90. The van der Waals surface area contributed by atoms with E-state index in [-0.39, 0.29) is 27.0 Å². The third-order valence-corrected chi connectivity index (χ3v) is 9.59. The second-order valence-electron chi connectivity index (χ2n) is 10.0. The highest BCUT2D eigenvalue weighted by Crippen LogP contribution is 2.61. The van der Waals surface area contributed by atoms with Gasteiger partial charge in [0.2, 0.25) is 10.0 Å². The van der Waals surface area contributed by atoms with Crippen LogP contribution in [0.3, 0.4) is 0 Å². The smallest absolute Gasteiger partial charge is 0.339 e. The second-order valence-corrected chi connectivity index (χ2v) is 12.0. The van der Waals surface area contributed by atoms with E-state index in [0.717, 1.165) is 38.5 Å². The molecule has 5 atom stereocenters. The number of phenols is 1. The second kappa shape index (κ2) is 8.00. The van der Waals surface area contributed by atoms with Crippen LogP contribution in [0.4, 0.5) is 0 Å². The first kappa shape index (κ1) is 22.7. The van der Waals surface area contributed by atoms with Crippen LogP contribution >= 0.6 is 11.6 Å². The first-order valence-corrected chi connectivity index (χ1v) is 13.4. The van der Waals surface area contributed by atoms with Crippen molar-refractivity contribution in [3.05, 3.63) is 58.1 Å². The third kappa shape index (κ3) is 3.84. The molecule has 2 aromatic carbocycles. The van der Waals surface area contributed by atoms with Gasteiger partial charge in [-0.05, 0) is 97.7 Å². The summed E-state index contributed by atoms with van der Waals surface area (Å²) in [4.78, 5) is 12.8. The molecule has 2 fully saturated rings. The summed E-state index contributed by atoms with van der Waals surface area (Å²) in [5, 5.41) is 15.0. The van der Waals surface area contributed by atoms with Gasteiger partial charge in [0, 0.05) is 5.41 Å². The molecule has 5 rings (SSSR count). The Balaban J connectivity index is 1.35. The molecule has 0 heterocycles. The number of primary sulfonamides is 1. The molecule has 3 aliphatic carbocycles. The number of nitrogens with two attached hydrogens (primary N) is 1. The molecule has 0 spiro atoms. The van der Waals surface area contributed by atoms with Gasteiger partial charge in [0.1, 0.15) is 11.9 Å². The maximum atomic E-state index is 13.0. The number of esters is 1. The average molecular weight is 490 g/mol. The van der Waals surface area contributed by atoms with Crippen LogP contribution in [0, 0.1) is 17.3 Å². The van der Waals surface area contributed by atoms with Gasteiger partial charge < -0.3 is 9.84 Å². The molecule has 8 heteroatoms. The van der Waals surface area contributed by atoms with Crippen molar-refractivity contribution in [2.24, 2.45) is 22.4 Å². The first-order valence-electron chi connectivity index (χ1n) is 11.4. The largest absolute Gasteiger partial charge is 0.508 e. The lowest BCUT2D eigenvalue weighted by Crippen LogP contribution is -2.45. The Bertz CT molecular complexity index is 1230. The van der Waals surface area contributed by atoms with E-state index in [4.69, 9.17) is 21.5 Å². The van der Waals surface area contributed by atoms with Crippen molar-refractivity contribution in [2.75, 3.05) is 0 Å². The predicted molar refractivity (Wildman–Crippen MR) is 125 cm³/mol. The van der Waals surface area contributed by atoms with Crippen molar-refractivity contribution in [1.82, 2.24) is 0 Å². The van der Waals surface area contributed by atoms with Gasteiger partial charge in [-0.1, -0.05) is 24.6 Å². The maximum Gasteiger partial charge on any atom is 0.339 e. The van der Waals surface area contributed by atoms with Gasteiger partial charge >= 0.3 is 5.97 Å². The SMILES string of the molecule is C[C@]12CC[C@@H]3c4ccc(O)cc4CC[C@H]3[C@@H]1CC[C@@H]2OC(=O)c1ccc(S(N)(=O)=O)cc1Cl. The van der Waals surface area contributed by atoms with Crippen LogP contribution in [-0.2, 0) is 21.2 Å². The van der Waals surface area contributed by atoms with Gasteiger partial charge in [-0.2, -0.15) is 0 Å². The molecular weight excluding hydrogens is 462 g/mol. The Morgan fingerprint density at radius 3 is 2.67 bits per heavy atom. The molecule has 3 N–H and O–H groups in total. The highest BCUT2D eigenvalue weighted by Gasteiger charge is 2.56. The number of carbonyl (C=O) groups is 1. The number of hydrogen-bond donors (Lipinski definition) is 2. The summed E-state index contributed by atoms with van der Waals surface area (Å²) in [6, 6.07) is 9.62. The van der Waals surface area contributed by atoms with Gasteiger partial charge in [-0.25, -0.2) is 18.4 Å². The molecule has 6 nitrogen and oxygen atoms in total. The number of aryl methyl sites for hydroxylation is 1. The lowest BCUT2D eigenvalue weighted by molar-refractivity contribution is -0.0427.